The van der Waals surface area contributed by atoms with E-state index in [0.29, 0.717) is 6.54 Å². The lowest BCUT2D eigenvalue weighted by molar-refractivity contribution is -0.138. The van der Waals surface area contributed by atoms with Gasteiger partial charge in [0.1, 0.15) is 5.75 Å². The molecule has 132 valence electrons. The van der Waals surface area contributed by atoms with Crippen LogP contribution in [0.1, 0.15) is 18.1 Å². The number of fused-ring (bicyclic) bond motifs is 2. The third-order valence-electron chi connectivity index (χ3n) is 4.88. The zero-order valence-electron chi connectivity index (χ0n) is 14.6. The molecule has 0 bridgehead atoms. The third-order valence-corrected chi connectivity index (χ3v) is 5.37. The topological polar surface area (TPSA) is 29.5 Å². The van der Waals surface area contributed by atoms with Gasteiger partial charge in [-0.15, -0.1) is 0 Å². The van der Waals surface area contributed by atoms with Gasteiger partial charge in [0, 0.05) is 17.6 Å². The van der Waals surface area contributed by atoms with Crippen molar-refractivity contribution >= 4 is 32.6 Å². The van der Waals surface area contributed by atoms with Crippen molar-refractivity contribution in [3.8, 4) is 5.75 Å². The van der Waals surface area contributed by atoms with Gasteiger partial charge in [-0.25, -0.2) is 0 Å². The van der Waals surface area contributed by atoms with E-state index in [0.717, 1.165) is 34.0 Å². The molecule has 4 rings (SSSR count). The summed E-state index contributed by atoms with van der Waals surface area (Å²) in [5.74, 6) is 0.758. The Morgan fingerprint density at radius 3 is 2.62 bits per heavy atom. The SMILES string of the molecule is C[C@@H](Oc1ccc2cc(Br)ccc2c1)C(=O)N1CCc2ccccc2C1. The minimum Gasteiger partial charge on any atom is -0.481 e. The van der Waals surface area contributed by atoms with Crippen LogP contribution in [-0.2, 0) is 17.8 Å². The smallest absolute Gasteiger partial charge is 0.263 e. The number of ether oxygens (including phenoxy) is 1. The van der Waals surface area contributed by atoms with E-state index in [2.05, 4.69) is 40.2 Å². The highest BCUT2D eigenvalue weighted by molar-refractivity contribution is 9.10. The van der Waals surface area contributed by atoms with Gasteiger partial charge in [-0.2, -0.15) is 0 Å². The average Bonchev–Trinajstić information content (AvgIpc) is 2.67. The molecule has 3 nitrogen and oxygen atoms in total. The van der Waals surface area contributed by atoms with E-state index >= 15 is 0 Å². The monoisotopic (exact) mass is 409 g/mol. The van der Waals surface area contributed by atoms with Gasteiger partial charge in [0.05, 0.1) is 0 Å². The van der Waals surface area contributed by atoms with E-state index in [1.54, 1.807) is 0 Å². The van der Waals surface area contributed by atoms with Gasteiger partial charge in [-0.05, 0) is 59.5 Å². The Morgan fingerprint density at radius 1 is 1.04 bits per heavy atom. The Bertz CT molecular complexity index is 969. The van der Waals surface area contributed by atoms with E-state index in [-0.39, 0.29) is 5.91 Å². The van der Waals surface area contributed by atoms with Crippen LogP contribution in [0.15, 0.2) is 65.1 Å². The molecule has 0 spiro atoms. The van der Waals surface area contributed by atoms with Gasteiger partial charge in [0.15, 0.2) is 6.10 Å². The standard InChI is InChI=1S/C22H20BrNO2/c1-15(22(25)24-11-10-16-4-2-3-5-19(16)14-24)26-21-9-7-17-12-20(23)8-6-18(17)13-21/h2-9,12-13,15H,10-11,14H2,1H3/t15-/m1/s1. The lowest BCUT2D eigenvalue weighted by atomic mass is 9.99. The number of benzene rings is 3. The Morgan fingerprint density at radius 2 is 1.77 bits per heavy atom. The lowest BCUT2D eigenvalue weighted by Gasteiger charge is -2.31. The predicted octanol–water partition coefficient (Wildman–Crippen LogP) is 4.95. The van der Waals surface area contributed by atoms with Gasteiger partial charge >= 0.3 is 0 Å². The van der Waals surface area contributed by atoms with E-state index in [1.807, 2.05) is 48.2 Å². The first-order valence-electron chi connectivity index (χ1n) is 8.82. The summed E-state index contributed by atoms with van der Waals surface area (Å²) >= 11 is 3.48. The van der Waals surface area contributed by atoms with Crippen LogP contribution in [0.2, 0.25) is 0 Å². The largest absolute Gasteiger partial charge is 0.481 e. The van der Waals surface area contributed by atoms with Crippen molar-refractivity contribution in [3.63, 3.8) is 0 Å². The maximum Gasteiger partial charge on any atom is 0.263 e. The van der Waals surface area contributed by atoms with Crippen LogP contribution in [0, 0.1) is 0 Å². The van der Waals surface area contributed by atoms with E-state index in [1.165, 1.54) is 11.1 Å². The number of halogens is 1. The number of hydrogen-bond donors (Lipinski definition) is 0. The predicted molar refractivity (Wildman–Crippen MR) is 107 cm³/mol. The third kappa shape index (κ3) is 3.47. The highest BCUT2D eigenvalue weighted by atomic mass is 79.9. The summed E-state index contributed by atoms with van der Waals surface area (Å²) in [5, 5.41) is 2.23. The first kappa shape index (κ1) is 17.1. The van der Waals surface area contributed by atoms with Gasteiger partial charge in [0.2, 0.25) is 0 Å². The molecule has 1 aliphatic rings. The molecule has 1 heterocycles. The number of rotatable bonds is 3. The molecule has 0 N–H and O–H groups in total. The number of hydrogen-bond acceptors (Lipinski definition) is 2. The fourth-order valence-corrected chi connectivity index (χ4v) is 3.84. The first-order valence-corrected chi connectivity index (χ1v) is 9.61. The summed E-state index contributed by atoms with van der Waals surface area (Å²) in [6.07, 6.45) is 0.396. The van der Waals surface area contributed by atoms with Crippen molar-refractivity contribution in [1.29, 1.82) is 0 Å². The van der Waals surface area contributed by atoms with Gasteiger partial charge in [0.25, 0.3) is 5.91 Å². The van der Waals surface area contributed by atoms with Gasteiger partial charge in [-0.3, -0.25) is 4.79 Å². The summed E-state index contributed by atoms with van der Waals surface area (Å²) < 4.78 is 7.00. The van der Waals surface area contributed by atoms with Crippen LogP contribution < -0.4 is 4.74 Å². The van der Waals surface area contributed by atoms with Gasteiger partial charge < -0.3 is 9.64 Å². The molecule has 4 heteroatoms. The number of carbonyl (C=O) groups is 1. The molecular formula is C22H20BrNO2. The zero-order chi connectivity index (χ0) is 18.1. The maximum absolute atomic E-state index is 12.8. The van der Waals surface area contributed by atoms with Crippen LogP contribution in [0.25, 0.3) is 10.8 Å². The molecule has 0 unspecified atom stereocenters. The number of carbonyl (C=O) groups excluding carboxylic acids is 1. The summed E-state index contributed by atoms with van der Waals surface area (Å²) in [6.45, 7) is 3.23. The van der Waals surface area contributed by atoms with Crippen molar-refractivity contribution in [1.82, 2.24) is 4.90 Å². The molecule has 26 heavy (non-hydrogen) atoms. The first-order chi connectivity index (χ1) is 12.6. The van der Waals surface area contributed by atoms with Crippen LogP contribution in [0.3, 0.4) is 0 Å². The maximum atomic E-state index is 12.8. The van der Waals surface area contributed by atoms with Crippen LogP contribution in [0.4, 0.5) is 0 Å². The van der Waals surface area contributed by atoms with Crippen molar-refractivity contribution in [2.24, 2.45) is 0 Å². The molecule has 1 atom stereocenters. The zero-order valence-corrected chi connectivity index (χ0v) is 16.2. The molecule has 1 aliphatic heterocycles. The summed E-state index contributed by atoms with van der Waals surface area (Å²) in [7, 11) is 0. The van der Waals surface area contributed by atoms with Crippen molar-refractivity contribution in [2.75, 3.05) is 6.54 Å². The van der Waals surface area contributed by atoms with Crippen molar-refractivity contribution < 1.29 is 9.53 Å². The summed E-state index contributed by atoms with van der Waals surface area (Å²) in [6, 6.07) is 20.4. The molecule has 0 aromatic heterocycles. The number of amides is 1. The minimum atomic E-state index is -0.506. The molecule has 0 saturated carbocycles. The Labute approximate surface area is 161 Å². The van der Waals surface area contributed by atoms with Crippen molar-refractivity contribution in [2.45, 2.75) is 26.0 Å². The highest BCUT2D eigenvalue weighted by Gasteiger charge is 2.25. The quantitative estimate of drug-likeness (QED) is 0.611. The van der Waals surface area contributed by atoms with Crippen LogP contribution in [0.5, 0.6) is 5.75 Å². The summed E-state index contributed by atoms with van der Waals surface area (Å²) in [4.78, 5) is 14.7. The fraction of sp³-hybridized carbons (Fsp3) is 0.227. The molecule has 0 saturated heterocycles. The normalized spacial score (nSPS) is 14.8. The number of nitrogens with zero attached hydrogens (tertiary/aromatic N) is 1. The molecule has 0 aliphatic carbocycles. The molecule has 1 amide bonds. The molecule has 0 fully saturated rings. The molecule has 3 aromatic carbocycles. The average molecular weight is 410 g/mol. The van der Waals surface area contributed by atoms with Gasteiger partial charge in [-0.1, -0.05) is 52.3 Å². The highest BCUT2D eigenvalue weighted by Crippen LogP contribution is 2.25. The second-order valence-electron chi connectivity index (χ2n) is 6.69. The molecular weight excluding hydrogens is 390 g/mol. The van der Waals surface area contributed by atoms with Crippen LogP contribution >= 0.6 is 15.9 Å². The Balaban J connectivity index is 1.47. The Kier molecular flexibility index (Phi) is 4.68. The second kappa shape index (κ2) is 7.12. The van der Waals surface area contributed by atoms with E-state index < -0.39 is 6.10 Å². The van der Waals surface area contributed by atoms with E-state index in [9.17, 15) is 4.79 Å². The lowest BCUT2D eigenvalue weighted by Crippen LogP contribution is -2.43. The summed E-state index contributed by atoms with van der Waals surface area (Å²) in [5.41, 5.74) is 2.57. The van der Waals surface area contributed by atoms with Crippen LogP contribution in [-0.4, -0.2) is 23.5 Å². The molecule has 0 radical (unpaired) electrons. The van der Waals surface area contributed by atoms with E-state index in [4.69, 9.17) is 4.74 Å². The minimum absolute atomic E-state index is 0.0374. The molecule has 3 aromatic rings. The second-order valence-corrected chi connectivity index (χ2v) is 7.61. The van der Waals surface area contributed by atoms with Crippen molar-refractivity contribution in [3.05, 3.63) is 76.3 Å². The Hall–Kier alpha value is -2.33. The fourth-order valence-electron chi connectivity index (χ4n) is 3.46.